The molecule has 66 heavy (non-hydrogen) atoms. The molecule has 3 heterocycles. The van der Waals surface area contributed by atoms with Crippen molar-refractivity contribution in [1.29, 1.82) is 0 Å². The minimum absolute atomic E-state index is 0.00570. The third kappa shape index (κ3) is 6.71. The number of hydrogen-bond donors (Lipinski definition) is 0. The van der Waals surface area contributed by atoms with E-state index in [0.717, 1.165) is 0 Å². The zero-order valence-corrected chi connectivity index (χ0v) is 42.3. The molecule has 0 spiro atoms. The Labute approximate surface area is 398 Å². The number of rotatable bonds is 3. The molecular formula is C62H65BN2S. The van der Waals surface area contributed by atoms with Gasteiger partial charge in [0.15, 0.2) is 0 Å². The van der Waals surface area contributed by atoms with E-state index in [1.165, 1.54) is 122 Å². The molecule has 0 unspecified atom stereocenters. The second kappa shape index (κ2) is 14.5. The summed E-state index contributed by atoms with van der Waals surface area (Å²) in [6.07, 6.45) is 2.34. The van der Waals surface area contributed by atoms with Gasteiger partial charge in [-0.05, 0) is 160 Å². The van der Waals surface area contributed by atoms with E-state index < -0.39 is 0 Å². The van der Waals surface area contributed by atoms with E-state index in [2.05, 4.69) is 233 Å². The fourth-order valence-electron chi connectivity index (χ4n) is 11.4. The average molecular weight is 881 g/mol. The third-order valence-corrected chi connectivity index (χ3v) is 16.8. The number of nitrogens with zero attached hydrogens (tertiary/aromatic N) is 2. The van der Waals surface area contributed by atoms with Gasteiger partial charge >= 0.3 is 0 Å². The maximum Gasteiger partial charge on any atom is 0.254 e. The fourth-order valence-corrected chi connectivity index (χ4v) is 12.7. The van der Waals surface area contributed by atoms with E-state index >= 15 is 0 Å². The monoisotopic (exact) mass is 880 g/mol. The summed E-state index contributed by atoms with van der Waals surface area (Å²) in [7, 11) is 0. The van der Waals surface area contributed by atoms with Crippen LogP contribution in [0.2, 0.25) is 0 Å². The van der Waals surface area contributed by atoms with Crippen molar-refractivity contribution < 1.29 is 0 Å². The number of fused-ring (bicyclic) bond motifs is 8. The summed E-state index contributed by atoms with van der Waals surface area (Å²) in [5.41, 5.74) is 20.2. The molecule has 1 aliphatic carbocycles. The molecule has 0 saturated carbocycles. The Morgan fingerprint density at radius 2 is 1.02 bits per heavy atom. The van der Waals surface area contributed by atoms with Gasteiger partial charge in [-0.25, -0.2) is 0 Å². The summed E-state index contributed by atoms with van der Waals surface area (Å²) in [5.74, 6) is 0. The molecule has 0 N–H and O–H groups in total. The van der Waals surface area contributed by atoms with Gasteiger partial charge in [-0.2, -0.15) is 0 Å². The molecule has 11 rings (SSSR count). The maximum atomic E-state index is 2.69. The molecule has 3 aliphatic rings. The molecule has 1 aromatic heterocycles. The molecule has 2 aliphatic heterocycles. The lowest BCUT2D eigenvalue weighted by Gasteiger charge is -2.47. The molecule has 0 saturated heterocycles. The summed E-state index contributed by atoms with van der Waals surface area (Å²) in [6.45, 7) is 30.9. The molecule has 332 valence electrons. The molecule has 0 bridgehead atoms. The second-order valence-electron chi connectivity index (χ2n) is 24.2. The molecule has 0 fully saturated rings. The van der Waals surface area contributed by atoms with Crippen molar-refractivity contribution in [1.82, 2.24) is 0 Å². The maximum absolute atomic E-state index is 2.69. The summed E-state index contributed by atoms with van der Waals surface area (Å²) < 4.78 is 1.34. The minimum Gasteiger partial charge on any atom is -0.311 e. The zero-order valence-electron chi connectivity index (χ0n) is 41.5. The number of anilines is 6. The highest BCUT2D eigenvalue weighted by Crippen LogP contribution is 2.53. The zero-order chi connectivity index (χ0) is 46.5. The largest absolute Gasteiger partial charge is 0.311 e. The van der Waals surface area contributed by atoms with Crippen LogP contribution < -0.4 is 26.2 Å². The minimum atomic E-state index is 0.00570. The second-order valence-corrected chi connectivity index (χ2v) is 25.2. The van der Waals surface area contributed by atoms with Crippen molar-refractivity contribution in [3.8, 4) is 11.1 Å². The van der Waals surface area contributed by atoms with Crippen LogP contribution in [-0.4, -0.2) is 6.71 Å². The molecule has 4 heteroatoms. The van der Waals surface area contributed by atoms with Crippen LogP contribution in [0.4, 0.5) is 33.4 Å². The first kappa shape index (κ1) is 43.0. The summed E-state index contributed by atoms with van der Waals surface area (Å²) in [4.78, 5) is 5.30. The quantitative estimate of drug-likeness (QED) is 0.163. The van der Waals surface area contributed by atoms with E-state index in [-0.39, 0.29) is 33.8 Å². The predicted octanol–water partition coefficient (Wildman–Crippen LogP) is 16.0. The molecule has 2 nitrogen and oxygen atoms in total. The smallest absolute Gasteiger partial charge is 0.254 e. The van der Waals surface area contributed by atoms with Crippen LogP contribution >= 0.6 is 11.3 Å². The van der Waals surface area contributed by atoms with Gasteiger partial charge < -0.3 is 9.80 Å². The molecule has 7 aromatic carbocycles. The number of hydrogen-bond acceptors (Lipinski definition) is 3. The Balaban J connectivity index is 1.31. The molecular weight excluding hydrogens is 816 g/mol. The predicted molar refractivity (Wildman–Crippen MR) is 290 cm³/mol. The van der Waals surface area contributed by atoms with Crippen molar-refractivity contribution in [3.63, 3.8) is 0 Å². The Morgan fingerprint density at radius 3 is 1.62 bits per heavy atom. The van der Waals surface area contributed by atoms with E-state index in [1.807, 2.05) is 11.3 Å². The summed E-state index contributed by atoms with van der Waals surface area (Å²) >= 11 is 1.96. The highest BCUT2D eigenvalue weighted by Gasteiger charge is 2.48. The Hall–Kier alpha value is -5.58. The van der Waals surface area contributed by atoms with Gasteiger partial charge in [-0.3, -0.25) is 0 Å². The molecule has 8 aromatic rings. The third-order valence-electron chi connectivity index (χ3n) is 15.6. The lowest BCUT2D eigenvalue weighted by atomic mass is 9.33. The van der Waals surface area contributed by atoms with Gasteiger partial charge in [0.2, 0.25) is 0 Å². The lowest BCUT2D eigenvalue weighted by Crippen LogP contribution is -2.61. The van der Waals surface area contributed by atoms with Crippen molar-refractivity contribution in [2.45, 2.75) is 130 Å². The van der Waals surface area contributed by atoms with Crippen molar-refractivity contribution in [2.75, 3.05) is 9.80 Å². The molecule has 0 radical (unpaired) electrons. The fraction of sp³-hybridized carbons (Fsp3) is 0.323. The number of benzene rings is 7. The van der Waals surface area contributed by atoms with E-state index in [4.69, 9.17) is 0 Å². The van der Waals surface area contributed by atoms with Crippen molar-refractivity contribution >= 4 is 88.7 Å². The summed E-state index contributed by atoms with van der Waals surface area (Å²) in [6, 6.07) is 52.5. The van der Waals surface area contributed by atoms with Gasteiger partial charge in [0, 0.05) is 33.1 Å². The van der Waals surface area contributed by atoms with Crippen LogP contribution in [-0.2, 0) is 27.1 Å². The van der Waals surface area contributed by atoms with Crippen LogP contribution in [0, 0.1) is 0 Å². The van der Waals surface area contributed by atoms with Crippen LogP contribution in [0.5, 0.6) is 0 Å². The first-order valence-corrected chi connectivity index (χ1v) is 25.2. The highest BCUT2D eigenvalue weighted by atomic mass is 32.1. The number of thiophene rings is 1. The van der Waals surface area contributed by atoms with Gasteiger partial charge in [0.25, 0.3) is 6.71 Å². The van der Waals surface area contributed by atoms with Crippen LogP contribution in [0.1, 0.15) is 131 Å². The van der Waals surface area contributed by atoms with Crippen LogP contribution in [0.15, 0.2) is 133 Å². The van der Waals surface area contributed by atoms with Crippen molar-refractivity contribution in [3.05, 3.63) is 161 Å². The Kier molecular flexibility index (Phi) is 9.43. The molecule has 0 atom stereocenters. The lowest BCUT2D eigenvalue weighted by molar-refractivity contribution is 0.332. The molecule has 0 amide bonds. The average Bonchev–Trinajstić information content (AvgIpc) is 3.65. The van der Waals surface area contributed by atoms with E-state index in [9.17, 15) is 0 Å². The van der Waals surface area contributed by atoms with Gasteiger partial charge in [-0.15, -0.1) is 11.3 Å². The van der Waals surface area contributed by atoms with Crippen LogP contribution in [0.3, 0.4) is 0 Å². The first-order chi connectivity index (χ1) is 31.1. The van der Waals surface area contributed by atoms with Gasteiger partial charge in [0.05, 0.1) is 5.00 Å². The topological polar surface area (TPSA) is 6.48 Å². The van der Waals surface area contributed by atoms with E-state index in [1.54, 1.807) is 0 Å². The van der Waals surface area contributed by atoms with Crippen molar-refractivity contribution in [2.24, 2.45) is 0 Å². The Bertz CT molecular complexity index is 3250. The highest BCUT2D eigenvalue weighted by molar-refractivity contribution is 7.26. The standard InChI is InChI=1S/C62H65BN2S/c1-58(2,3)40-21-26-43(27-22-40)64-51-37-49-48(61(10,11)31-32-62(49,12)13)36-50(51)63-55-47-35-42(60(7,8)9)25-30-54(47)66-57(55)65(44-28-23-41(24-29-44)59(4,5)6)53-34-39(33-52(64)56(53)63)46-20-16-18-38-17-14-15-19-45(38)46/h14-30,33-37H,31-32H2,1-13H3. The SMILES string of the molecule is CC(C)(C)c1ccc(N2c3cc4c(cc3B3c5c2cc(-c2cccc6ccccc26)cc5N(c2ccc(C(C)(C)C)cc2)c2sc5ccc(C(C)(C)C)cc5c23)C(C)(C)CCC4(C)C)cc1. The van der Waals surface area contributed by atoms with Gasteiger partial charge in [-0.1, -0.05) is 175 Å². The summed E-state index contributed by atoms with van der Waals surface area (Å²) in [5, 5.41) is 5.23. The normalized spacial score (nSPS) is 16.3. The van der Waals surface area contributed by atoms with Crippen LogP contribution in [0.25, 0.3) is 32.0 Å². The Morgan fingerprint density at radius 1 is 0.485 bits per heavy atom. The van der Waals surface area contributed by atoms with E-state index in [0.29, 0.717) is 0 Å². The van der Waals surface area contributed by atoms with Gasteiger partial charge in [0.1, 0.15) is 0 Å². The first-order valence-electron chi connectivity index (χ1n) is 24.3.